The number of ether oxygens (including phenoxy) is 2. The van der Waals surface area contributed by atoms with Crippen molar-refractivity contribution in [1.29, 1.82) is 0 Å². The SMILES string of the molecule is COc1ccc(-c2noc(CCC(=O)NCCS(=O)(=O)N3CCOCC3)n2)cc1. The lowest BCUT2D eigenvalue weighted by molar-refractivity contribution is -0.121. The second-order valence-corrected chi connectivity index (χ2v) is 8.51. The minimum Gasteiger partial charge on any atom is -0.497 e. The summed E-state index contributed by atoms with van der Waals surface area (Å²) in [7, 11) is -1.80. The van der Waals surface area contributed by atoms with E-state index in [9.17, 15) is 13.2 Å². The molecule has 1 saturated heterocycles. The molecule has 0 aliphatic carbocycles. The summed E-state index contributed by atoms with van der Waals surface area (Å²) in [5.74, 6) is 1.09. The number of aromatic nitrogens is 2. The number of aryl methyl sites for hydroxylation is 1. The van der Waals surface area contributed by atoms with Gasteiger partial charge in [0.1, 0.15) is 5.75 Å². The highest BCUT2D eigenvalue weighted by Gasteiger charge is 2.24. The number of hydrogen-bond donors (Lipinski definition) is 1. The fourth-order valence-electron chi connectivity index (χ4n) is 2.80. The molecule has 11 heteroatoms. The molecule has 1 aromatic heterocycles. The molecule has 0 saturated carbocycles. The molecule has 29 heavy (non-hydrogen) atoms. The standard InChI is InChI=1S/C18H24N4O6S/c1-26-15-4-2-14(3-5-15)18-20-17(28-21-18)7-6-16(23)19-8-13-29(24,25)22-9-11-27-12-10-22/h2-5H,6-13H2,1H3,(H,19,23). The van der Waals surface area contributed by atoms with Crippen molar-refractivity contribution in [3.8, 4) is 17.1 Å². The molecule has 2 aromatic rings. The van der Waals surface area contributed by atoms with Gasteiger partial charge in [0.05, 0.1) is 26.1 Å². The summed E-state index contributed by atoms with van der Waals surface area (Å²) in [5, 5.41) is 6.53. The van der Waals surface area contributed by atoms with Gasteiger partial charge in [0.15, 0.2) is 0 Å². The number of rotatable bonds is 9. The first-order valence-electron chi connectivity index (χ1n) is 9.27. The molecule has 1 N–H and O–H groups in total. The van der Waals surface area contributed by atoms with Crippen LogP contribution >= 0.6 is 0 Å². The van der Waals surface area contributed by atoms with Gasteiger partial charge in [0, 0.05) is 38.0 Å². The monoisotopic (exact) mass is 424 g/mol. The lowest BCUT2D eigenvalue weighted by Gasteiger charge is -2.26. The van der Waals surface area contributed by atoms with Crippen molar-refractivity contribution in [3.63, 3.8) is 0 Å². The number of nitrogens with zero attached hydrogens (tertiary/aromatic N) is 3. The Morgan fingerprint density at radius 1 is 1.24 bits per heavy atom. The number of morpholine rings is 1. The smallest absolute Gasteiger partial charge is 0.227 e. The Labute approximate surface area is 169 Å². The molecule has 1 aliphatic rings. The van der Waals surface area contributed by atoms with Crippen LogP contribution in [0.1, 0.15) is 12.3 Å². The third-order valence-corrected chi connectivity index (χ3v) is 6.30. The van der Waals surface area contributed by atoms with Crippen LogP contribution in [-0.4, -0.2) is 74.5 Å². The van der Waals surface area contributed by atoms with Gasteiger partial charge >= 0.3 is 0 Å². The minimum atomic E-state index is -3.39. The molecule has 1 aliphatic heterocycles. The first-order chi connectivity index (χ1) is 14.0. The lowest BCUT2D eigenvalue weighted by atomic mass is 10.2. The Bertz CT molecular complexity index is 907. The van der Waals surface area contributed by atoms with Gasteiger partial charge in [0.25, 0.3) is 0 Å². The van der Waals surface area contributed by atoms with Crippen molar-refractivity contribution in [2.75, 3.05) is 45.7 Å². The fourth-order valence-corrected chi connectivity index (χ4v) is 4.12. The van der Waals surface area contributed by atoms with Gasteiger partial charge in [-0.1, -0.05) is 5.16 Å². The molecule has 0 radical (unpaired) electrons. The van der Waals surface area contributed by atoms with Gasteiger partial charge in [-0.3, -0.25) is 4.79 Å². The highest BCUT2D eigenvalue weighted by Crippen LogP contribution is 2.20. The van der Waals surface area contributed by atoms with Crippen LogP contribution in [0.15, 0.2) is 28.8 Å². The average Bonchev–Trinajstić information content (AvgIpc) is 3.22. The molecule has 1 fully saturated rings. The largest absolute Gasteiger partial charge is 0.497 e. The zero-order valence-electron chi connectivity index (χ0n) is 16.2. The Hall–Kier alpha value is -2.50. The van der Waals surface area contributed by atoms with E-state index >= 15 is 0 Å². The van der Waals surface area contributed by atoms with Gasteiger partial charge in [-0.05, 0) is 24.3 Å². The summed E-state index contributed by atoms with van der Waals surface area (Å²) < 4.78 is 41.2. The second kappa shape index (κ2) is 9.81. The molecular formula is C18H24N4O6S. The van der Waals surface area contributed by atoms with Gasteiger partial charge in [-0.25, -0.2) is 8.42 Å². The normalized spacial score (nSPS) is 15.2. The highest BCUT2D eigenvalue weighted by atomic mass is 32.2. The quantitative estimate of drug-likeness (QED) is 0.616. The molecule has 2 heterocycles. The van der Waals surface area contributed by atoms with Crippen molar-refractivity contribution in [2.24, 2.45) is 0 Å². The minimum absolute atomic E-state index is 0.0550. The van der Waals surface area contributed by atoms with Gasteiger partial charge < -0.3 is 19.3 Å². The summed E-state index contributed by atoms with van der Waals surface area (Å²) in [6, 6.07) is 7.22. The van der Waals surface area contributed by atoms with Crippen LogP contribution in [0.25, 0.3) is 11.4 Å². The molecule has 0 atom stereocenters. The zero-order valence-corrected chi connectivity index (χ0v) is 17.0. The summed E-state index contributed by atoms with van der Waals surface area (Å²) in [4.78, 5) is 16.3. The fraction of sp³-hybridized carbons (Fsp3) is 0.500. The number of sulfonamides is 1. The number of hydrogen-bond acceptors (Lipinski definition) is 8. The molecule has 0 bridgehead atoms. The van der Waals surface area contributed by atoms with Crippen molar-refractivity contribution in [1.82, 2.24) is 19.8 Å². The predicted molar refractivity (Wildman–Crippen MR) is 104 cm³/mol. The molecular weight excluding hydrogens is 400 g/mol. The van der Waals surface area contributed by atoms with Crippen LogP contribution in [0, 0.1) is 0 Å². The summed E-state index contributed by atoms with van der Waals surface area (Å²) in [6.07, 6.45) is 0.396. The molecule has 0 spiro atoms. The van der Waals surface area contributed by atoms with E-state index in [0.29, 0.717) is 38.0 Å². The zero-order chi connectivity index (χ0) is 20.7. The van der Waals surface area contributed by atoms with E-state index in [1.807, 2.05) is 12.1 Å². The van der Waals surface area contributed by atoms with Gasteiger partial charge in [-0.2, -0.15) is 9.29 Å². The van der Waals surface area contributed by atoms with Crippen LogP contribution in [0.3, 0.4) is 0 Å². The van der Waals surface area contributed by atoms with Crippen molar-refractivity contribution in [3.05, 3.63) is 30.2 Å². The van der Waals surface area contributed by atoms with E-state index in [2.05, 4.69) is 15.5 Å². The van der Waals surface area contributed by atoms with Crippen molar-refractivity contribution < 1.29 is 27.2 Å². The lowest BCUT2D eigenvalue weighted by Crippen LogP contribution is -2.43. The van der Waals surface area contributed by atoms with E-state index < -0.39 is 10.0 Å². The van der Waals surface area contributed by atoms with E-state index in [-0.39, 0.29) is 31.0 Å². The topological polar surface area (TPSA) is 124 Å². The predicted octanol–water partition coefficient (Wildman–Crippen LogP) is 0.456. The molecule has 158 valence electrons. The first kappa shape index (κ1) is 21.2. The summed E-state index contributed by atoms with van der Waals surface area (Å²) >= 11 is 0. The number of carbonyl (C=O) groups excluding carboxylic acids is 1. The first-order valence-corrected chi connectivity index (χ1v) is 10.9. The van der Waals surface area contributed by atoms with E-state index in [1.165, 1.54) is 4.31 Å². The number of nitrogens with one attached hydrogen (secondary N) is 1. The maximum Gasteiger partial charge on any atom is 0.227 e. The molecule has 1 aromatic carbocycles. The number of benzene rings is 1. The van der Waals surface area contributed by atoms with E-state index in [4.69, 9.17) is 14.0 Å². The summed E-state index contributed by atoms with van der Waals surface area (Å²) in [5.41, 5.74) is 0.776. The maximum absolute atomic E-state index is 12.2. The van der Waals surface area contributed by atoms with Crippen LogP contribution < -0.4 is 10.1 Å². The molecule has 10 nitrogen and oxygen atoms in total. The average molecular weight is 424 g/mol. The van der Waals surface area contributed by atoms with E-state index in [1.54, 1.807) is 19.2 Å². The Kier molecular flexibility index (Phi) is 7.18. The van der Waals surface area contributed by atoms with Crippen molar-refractivity contribution >= 4 is 15.9 Å². The van der Waals surface area contributed by atoms with Gasteiger partial charge in [0.2, 0.25) is 27.6 Å². The molecule has 0 unspecified atom stereocenters. The Balaban J connectivity index is 1.42. The third kappa shape index (κ3) is 5.99. The van der Waals surface area contributed by atoms with Crippen LogP contribution in [0.2, 0.25) is 0 Å². The summed E-state index contributed by atoms with van der Waals surface area (Å²) in [6.45, 7) is 1.55. The third-order valence-electron chi connectivity index (χ3n) is 4.43. The Morgan fingerprint density at radius 2 is 1.97 bits per heavy atom. The van der Waals surface area contributed by atoms with Crippen LogP contribution in [0.4, 0.5) is 0 Å². The maximum atomic E-state index is 12.2. The van der Waals surface area contributed by atoms with Crippen molar-refractivity contribution in [2.45, 2.75) is 12.8 Å². The second-order valence-electron chi connectivity index (χ2n) is 6.42. The molecule has 1 amide bonds. The number of amides is 1. The number of methoxy groups -OCH3 is 1. The van der Waals surface area contributed by atoms with E-state index in [0.717, 1.165) is 11.3 Å². The Morgan fingerprint density at radius 3 is 2.66 bits per heavy atom. The van der Waals surface area contributed by atoms with Crippen LogP contribution in [-0.2, 0) is 26.0 Å². The van der Waals surface area contributed by atoms with Gasteiger partial charge in [-0.15, -0.1) is 0 Å². The highest BCUT2D eigenvalue weighted by molar-refractivity contribution is 7.89. The molecule has 3 rings (SSSR count). The van der Waals surface area contributed by atoms with Crippen LogP contribution in [0.5, 0.6) is 5.75 Å². The number of carbonyl (C=O) groups is 1.